The van der Waals surface area contributed by atoms with Crippen LogP contribution in [0.1, 0.15) is 22.8 Å². The third-order valence-corrected chi connectivity index (χ3v) is 5.11. The smallest absolute Gasteiger partial charge is 0.256 e. The predicted molar refractivity (Wildman–Crippen MR) is 105 cm³/mol. The van der Waals surface area contributed by atoms with Crippen LogP contribution >= 0.6 is 0 Å². The molecule has 0 aliphatic carbocycles. The molecule has 0 bridgehead atoms. The van der Waals surface area contributed by atoms with Crippen LogP contribution in [0, 0.1) is 11.3 Å². The molecule has 0 spiro atoms. The summed E-state index contributed by atoms with van der Waals surface area (Å²) in [5.74, 6) is -0.124. The zero-order valence-corrected chi connectivity index (χ0v) is 15.2. The molecule has 134 valence electrons. The molecule has 0 atom stereocenters. The number of carbonyl (C=O) groups excluding carboxylic acids is 1. The van der Waals surface area contributed by atoms with Gasteiger partial charge in [-0.05, 0) is 35.7 Å². The van der Waals surface area contributed by atoms with Gasteiger partial charge in [0.1, 0.15) is 0 Å². The molecule has 2 aromatic carbocycles. The van der Waals surface area contributed by atoms with Crippen molar-refractivity contribution in [1.82, 2.24) is 14.7 Å². The lowest BCUT2D eigenvalue weighted by Gasteiger charge is -2.14. The van der Waals surface area contributed by atoms with Gasteiger partial charge in [0.15, 0.2) is 0 Å². The van der Waals surface area contributed by atoms with Gasteiger partial charge in [0.25, 0.3) is 5.91 Å². The van der Waals surface area contributed by atoms with Crippen LogP contribution in [0.15, 0.2) is 48.2 Å². The maximum absolute atomic E-state index is 12.9. The van der Waals surface area contributed by atoms with Gasteiger partial charge in [0.2, 0.25) is 0 Å². The Bertz CT molecular complexity index is 1150. The monoisotopic (exact) mass is 357 g/mol. The summed E-state index contributed by atoms with van der Waals surface area (Å²) in [4.78, 5) is 14.6. The molecule has 6 nitrogen and oxygen atoms in total. The Hall–Kier alpha value is -3.59. The maximum Gasteiger partial charge on any atom is 0.256 e. The van der Waals surface area contributed by atoms with Crippen LogP contribution in [0.2, 0.25) is 0 Å². The van der Waals surface area contributed by atoms with E-state index in [0.29, 0.717) is 29.9 Å². The topological polar surface area (TPSA) is 87.9 Å². The Morgan fingerprint density at radius 2 is 2.19 bits per heavy atom. The van der Waals surface area contributed by atoms with Crippen molar-refractivity contribution >= 4 is 22.5 Å². The number of anilines is 1. The van der Waals surface area contributed by atoms with Crippen molar-refractivity contribution in [2.24, 2.45) is 7.05 Å². The van der Waals surface area contributed by atoms with Gasteiger partial charge in [-0.3, -0.25) is 9.48 Å². The summed E-state index contributed by atoms with van der Waals surface area (Å²) >= 11 is 0. The normalized spacial score (nSPS) is 13.9. The number of benzene rings is 2. The summed E-state index contributed by atoms with van der Waals surface area (Å²) in [6, 6.07) is 12.0. The Balaban J connectivity index is 1.81. The number of hydrogen-bond donors (Lipinski definition) is 1. The van der Waals surface area contributed by atoms with Gasteiger partial charge < -0.3 is 10.6 Å². The van der Waals surface area contributed by atoms with Crippen LogP contribution in [0.25, 0.3) is 22.0 Å². The third kappa shape index (κ3) is 2.64. The fourth-order valence-corrected chi connectivity index (χ4v) is 3.61. The van der Waals surface area contributed by atoms with Crippen LogP contribution < -0.4 is 5.73 Å². The van der Waals surface area contributed by atoms with E-state index in [2.05, 4.69) is 17.2 Å². The molecule has 1 aliphatic heterocycles. The minimum absolute atomic E-state index is 0.124. The molecule has 0 fully saturated rings. The molecule has 0 radical (unpaired) electrons. The standard InChI is InChI=1S/C21H19N5O/c1-3-13(9-22)11-26-12-17-16(6-7-18(23)20(17)21(26)27)14-4-5-15-10-24-25(2)19(15)8-14/h3-8,10H,11-12,23H2,1-2H3/b13-3+. The summed E-state index contributed by atoms with van der Waals surface area (Å²) in [5, 5.41) is 14.6. The largest absolute Gasteiger partial charge is 0.398 e. The van der Waals surface area contributed by atoms with Gasteiger partial charge in [-0.25, -0.2) is 0 Å². The predicted octanol–water partition coefficient (Wildman–Crippen LogP) is 3.25. The second kappa shape index (κ2) is 6.29. The van der Waals surface area contributed by atoms with E-state index in [1.807, 2.05) is 36.1 Å². The van der Waals surface area contributed by atoms with Crippen LogP contribution in [-0.4, -0.2) is 27.1 Å². The molecular weight excluding hydrogens is 338 g/mol. The van der Waals surface area contributed by atoms with Crippen molar-refractivity contribution in [2.75, 3.05) is 12.3 Å². The van der Waals surface area contributed by atoms with Crippen LogP contribution in [-0.2, 0) is 13.6 Å². The van der Waals surface area contributed by atoms with Crippen molar-refractivity contribution in [2.45, 2.75) is 13.5 Å². The second-order valence-corrected chi connectivity index (χ2v) is 6.68. The highest BCUT2D eigenvalue weighted by Crippen LogP contribution is 2.37. The summed E-state index contributed by atoms with van der Waals surface area (Å²) < 4.78 is 1.83. The van der Waals surface area contributed by atoms with Gasteiger partial charge in [-0.2, -0.15) is 10.4 Å². The summed E-state index contributed by atoms with van der Waals surface area (Å²) in [5.41, 5.74) is 11.6. The zero-order valence-electron chi connectivity index (χ0n) is 15.2. The highest BCUT2D eigenvalue weighted by Gasteiger charge is 2.32. The first-order chi connectivity index (χ1) is 13.0. The minimum Gasteiger partial charge on any atom is -0.398 e. The van der Waals surface area contributed by atoms with Crippen molar-refractivity contribution < 1.29 is 4.79 Å². The lowest BCUT2D eigenvalue weighted by molar-refractivity contribution is 0.0794. The van der Waals surface area contributed by atoms with E-state index in [-0.39, 0.29) is 5.91 Å². The number of aryl methyl sites for hydroxylation is 1. The highest BCUT2D eigenvalue weighted by atomic mass is 16.2. The molecule has 1 aliphatic rings. The lowest BCUT2D eigenvalue weighted by Crippen LogP contribution is -2.26. The fourth-order valence-electron chi connectivity index (χ4n) is 3.61. The first kappa shape index (κ1) is 16.9. The molecule has 6 heteroatoms. The van der Waals surface area contributed by atoms with E-state index in [9.17, 15) is 10.1 Å². The number of amides is 1. The number of hydrogen-bond acceptors (Lipinski definition) is 4. The molecule has 2 N–H and O–H groups in total. The number of aromatic nitrogens is 2. The molecule has 2 heterocycles. The van der Waals surface area contributed by atoms with Crippen molar-refractivity contribution in [3.05, 3.63) is 59.3 Å². The summed E-state index contributed by atoms with van der Waals surface area (Å²) in [7, 11) is 1.91. The molecule has 0 saturated carbocycles. The van der Waals surface area contributed by atoms with Crippen molar-refractivity contribution in [1.29, 1.82) is 5.26 Å². The number of nitriles is 1. The molecule has 0 unspecified atom stereocenters. The number of nitrogens with zero attached hydrogens (tertiary/aromatic N) is 4. The van der Waals surface area contributed by atoms with Crippen LogP contribution in [0.3, 0.4) is 0 Å². The number of allylic oxidation sites excluding steroid dienone is 1. The molecule has 4 rings (SSSR count). The number of nitrogens with two attached hydrogens (primary N) is 1. The second-order valence-electron chi connectivity index (χ2n) is 6.68. The number of fused-ring (bicyclic) bond motifs is 2. The Morgan fingerprint density at radius 3 is 2.93 bits per heavy atom. The van der Waals surface area contributed by atoms with Crippen LogP contribution in [0.5, 0.6) is 0 Å². The van der Waals surface area contributed by atoms with E-state index in [1.54, 1.807) is 24.0 Å². The Labute approximate surface area is 157 Å². The first-order valence-corrected chi connectivity index (χ1v) is 8.71. The fraction of sp³-hybridized carbons (Fsp3) is 0.190. The van der Waals surface area contributed by atoms with Gasteiger partial charge in [-0.15, -0.1) is 0 Å². The maximum atomic E-state index is 12.9. The van der Waals surface area contributed by atoms with E-state index in [1.165, 1.54) is 0 Å². The molecule has 3 aromatic rings. The van der Waals surface area contributed by atoms with E-state index in [0.717, 1.165) is 27.6 Å². The minimum atomic E-state index is -0.124. The quantitative estimate of drug-likeness (QED) is 0.576. The first-order valence-electron chi connectivity index (χ1n) is 8.71. The third-order valence-electron chi connectivity index (χ3n) is 5.11. The Kier molecular flexibility index (Phi) is 3.93. The van der Waals surface area contributed by atoms with E-state index in [4.69, 9.17) is 5.73 Å². The average Bonchev–Trinajstić information content (AvgIpc) is 3.21. The van der Waals surface area contributed by atoms with Crippen molar-refractivity contribution in [3.63, 3.8) is 0 Å². The van der Waals surface area contributed by atoms with Crippen LogP contribution in [0.4, 0.5) is 5.69 Å². The lowest BCUT2D eigenvalue weighted by atomic mass is 9.95. The van der Waals surface area contributed by atoms with Crippen molar-refractivity contribution in [3.8, 4) is 17.2 Å². The number of rotatable bonds is 3. The van der Waals surface area contributed by atoms with Gasteiger partial charge in [-0.1, -0.05) is 24.3 Å². The molecular formula is C21H19N5O. The molecule has 1 amide bonds. The molecule has 27 heavy (non-hydrogen) atoms. The SMILES string of the molecule is C/C=C(\C#N)CN1Cc2c(-c3ccc4cnn(C)c4c3)ccc(N)c2C1=O. The van der Waals surface area contributed by atoms with E-state index >= 15 is 0 Å². The molecule has 1 aromatic heterocycles. The number of carbonyl (C=O) groups is 1. The summed E-state index contributed by atoms with van der Waals surface area (Å²) in [6.45, 7) is 2.53. The molecule has 0 saturated heterocycles. The van der Waals surface area contributed by atoms with Gasteiger partial charge >= 0.3 is 0 Å². The average molecular weight is 357 g/mol. The van der Waals surface area contributed by atoms with E-state index < -0.39 is 0 Å². The highest BCUT2D eigenvalue weighted by molar-refractivity contribution is 6.05. The zero-order chi connectivity index (χ0) is 19.1. The Morgan fingerprint density at radius 1 is 1.37 bits per heavy atom. The van der Waals surface area contributed by atoms with Gasteiger partial charge in [0.05, 0.1) is 29.9 Å². The summed E-state index contributed by atoms with van der Waals surface area (Å²) in [6.07, 6.45) is 3.56. The number of nitrogen functional groups attached to an aromatic ring is 1. The van der Waals surface area contributed by atoms with Gasteiger partial charge in [0, 0.05) is 30.2 Å².